The first kappa shape index (κ1) is 30.3. The Kier molecular flexibility index (Phi) is 7.33. The van der Waals surface area contributed by atoms with E-state index in [1.54, 1.807) is 6.07 Å². The van der Waals surface area contributed by atoms with E-state index < -0.39 is 11.7 Å². The van der Waals surface area contributed by atoms with Crippen LogP contribution in [0.4, 0.5) is 13.2 Å². The van der Waals surface area contributed by atoms with Crippen LogP contribution in [0.2, 0.25) is 0 Å². The molecule has 7 heteroatoms. The molecule has 49 heavy (non-hydrogen) atoms. The molecule has 238 valence electrons. The van der Waals surface area contributed by atoms with E-state index in [-0.39, 0.29) is 0 Å². The van der Waals surface area contributed by atoms with Gasteiger partial charge < -0.3 is 4.57 Å². The average Bonchev–Trinajstić information content (AvgIpc) is 3.44. The Labute approximate surface area is 281 Å². The van der Waals surface area contributed by atoms with Gasteiger partial charge in [0.05, 0.1) is 22.3 Å². The molecule has 0 radical (unpaired) electrons. The molecule has 0 aliphatic heterocycles. The molecule has 0 amide bonds. The smallest absolute Gasteiger partial charge is 0.309 e. The molecule has 0 unspecified atom stereocenters. The molecule has 6 aromatic carbocycles. The number of hydrogen-bond donors (Lipinski definition) is 0. The standard InChI is InChI=1S/C42H29F3N4/c1-26-16-20-36-34(22-26)35-23-27(2)17-21-37(35)49(36)38-25-31(18-19-33(38)30-14-9-15-32(24-30)42(43,44)45)41-47-39(28-10-5-3-6-11-28)46-40(48-41)29-12-7-4-8-13-29/h3-25H,1-2H3. The van der Waals surface area contributed by atoms with Crippen molar-refractivity contribution in [3.8, 4) is 51.0 Å². The van der Waals surface area contributed by atoms with Gasteiger partial charge in [-0.25, -0.2) is 15.0 Å². The minimum absolute atomic E-state index is 0.455. The van der Waals surface area contributed by atoms with Crippen molar-refractivity contribution in [1.29, 1.82) is 0 Å². The van der Waals surface area contributed by atoms with Crippen LogP contribution in [0.3, 0.4) is 0 Å². The van der Waals surface area contributed by atoms with Crippen LogP contribution in [0.1, 0.15) is 16.7 Å². The van der Waals surface area contributed by atoms with Crippen molar-refractivity contribution in [1.82, 2.24) is 19.5 Å². The van der Waals surface area contributed by atoms with Gasteiger partial charge in [0.25, 0.3) is 0 Å². The van der Waals surface area contributed by atoms with Gasteiger partial charge in [0.1, 0.15) is 0 Å². The summed E-state index contributed by atoms with van der Waals surface area (Å²) >= 11 is 0. The van der Waals surface area contributed by atoms with Gasteiger partial charge in [0.2, 0.25) is 0 Å². The van der Waals surface area contributed by atoms with Gasteiger partial charge in [0.15, 0.2) is 17.5 Å². The maximum absolute atomic E-state index is 14.0. The van der Waals surface area contributed by atoms with Gasteiger partial charge in [-0.2, -0.15) is 13.2 Å². The number of rotatable bonds is 5. The third-order valence-electron chi connectivity index (χ3n) is 8.77. The number of fused-ring (bicyclic) bond motifs is 3. The molecule has 0 saturated carbocycles. The summed E-state index contributed by atoms with van der Waals surface area (Å²) < 4.78 is 44.0. The van der Waals surface area contributed by atoms with Crippen molar-refractivity contribution in [2.45, 2.75) is 20.0 Å². The molecule has 0 bridgehead atoms. The largest absolute Gasteiger partial charge is 0.416 e. The minimum atomic E-state index is -4.48. The molecule has 0 aliphatic carbocycles. The molecule has 8 rings (SSSR count). The zero-order valence-corrected chi connectivity index (χ0v) is 26.7. The Hall–Kier alpha value is -6.08. The molecular weight excluding hydrogens is 617 g/mol. The van der Waals surface area contributed by atoms with Crippen LogP contribution in [0.25, 0.3) is 72.8 Å². The van der Waals surface area contributed by atoms with E-state index >= 15 is 0 Å². The molecule has 8 aromatic rings. The van der Waals surface area contributed by atoms with Crippen molar-refractivity contribution in [2.24, 2.45) is 0 Å². The third kappa shape index (κ3) is 5.63. The first-order chi connectivity index (χ1) is 23.7. The second-order valence-corrected chi connectivity index (χ2v) is 12.2. The predicted octanol–water partition coefficient (Wildman–Crippen LogP) is 11.3. The molecular formula is C42H29F3N4. The lowest BCUT2D eigenvalue weighted by Crippen LogP contribution is -2.05. The fraction of sp³-hybridized carbons (Fsp3) is 0.0714. The molecule has 0 N–H and O–H groups in total. The van der Waals surface area contributed by atoms with Crippen molar-refractivity contribution >= 4 is 21.8 Å². The highest BCUT2D eigenvalue weighted by atomic mass is 19.4. The van der Waals surface area contributed by atoms with Gasteiger partial charge in [0, 0.05) is 33.0 Å². The highest BCUT2D eigenvalue weighted by Gasteiger charge is 2.31. The summed E-state index contributed by atoms with van der Waals surface area (Å²) in [6, 6.07) is 43.3. The van der Waals surface area contributed by atoms with E-state index in [0.717, 1.165) is 50.1 Å². The summed E-state index contributed by atoms with van der Waals surface area (Å²) in [5.41, 5.74) is 7.64. The normalized spacial score (nSPS) is 11.8. The highest BCUT2D eigenvalue weighted by molar-refractivity contribution is 6.10. The summed E-state index contributed by atoms with van der Waals surface area (Å²) in [6.45, 7) is 4.12. The Morgan fingerprint density at radius 1 is 0.469 bits per heavy atom. The maximum atomic E-state index is 14.0. The number of nitrogens with zero attached hydrogens (tertiary/aromatic N) is 4. The van der Waals surface area contributed by atoms with Crippen molar-refractivity contribution < 1.29 is 13.2 Å². The van der Waals surface area contributed by atoms with Crippen LogP contribution < -0.4 is 0 Å². The van der Waals surface area contributed by atoms with Crippen LogP contribution in [0.15, 0.2) is 140 Å². The van der Waals surface area contributed by atoms with Crippen LogP contribution in [0, 0.1) is 13.8 Å². The van der Waals surface area contributed by atoms with Crippen LogP contribution >= 0.6 is 0 Å². The lowest BCUT2D eigenvalue weighted by molar-refractivity contribution is -0.137. The van der Waals surface area contributed by atoms with Crippen molar-refractivity contribution in [2.75, 3.05) is 0 Å². The van der Waals surface area contributed by atoms with Crippen LogP contribution in [-0.4, -0.2) is 19.5 Å². The van der Waals surface area contributed by atoms with Crippen LogP contribution in [0.5, 0.6) is 0 Å². The molecule has 2 heterocycles. The average molecular weight is 647 g/mol. The number of alkyl halides is 3. The summed E-state index contributed by atoms with van der Waals surface area (Å²) in [5, 5.41) is 2.13. The first-order valence-corrected chi connectivity index (χ1v) is 15.9. The second-order valence-electron chi connectivity index (χ2n) is 12.2. The van der Waals surface area contributed by atoms with E-state index in [2.05, 4.69) is 54.8 Å². The van der Waals surface area contributed by atoms with E-state index in [0.29, 0.717) is 39.9 Å². The van der Waals surface area contributed by atoms with E-state index in [9.17, 15) is 13.2 Å². The van der Waals surface area contributed by atoms with Gasteiger partial charge in [-0.05, 0) is 61.9 Å². The summed E-state index contributed by atoms with van der Waals surface area (Å²) in [5.74, 6) is 1.50. The fourth-order valence-electron chi connectivity index (χ4n) is 6.41. The van der Waals surface area contributed by atoms with Crippen LogP contribution in [-0.2, 0) is 6.18 Å². The monoisotopic (exact) mass is 646 g/mol. The lowest BCUT2D eigenvalue weighted by Gasteiger charge is -2.17. The first-order valence-electron chi connectivity index (χ1n) is 15.9. The topological polar surface area (TPSA) is 43.6 Å². The summed E-state index contributed by atoms with van der Waals surface area (Å²) in [4.78, 5) is 14.7. The summed E-state index contributed by atoms with van der Waals surface area (Å²) in [6.07, 6.45) is -4.48. The predicted molar refractivity (Wildman–Crippen MR) is 190 cm³/mol. The van der Waals surface area contributed by atoms with Gasteiger partial charge in [-0.1, -0.05) is 108 Å². The van der Waals surface area contributed by atoms with E-state index in [1.807, 2.05) is 78.9 Å². The number of hydrogen-bond acceptors (Lipinski definition) is 3. The minimum Gasteiger partial charge on any atom is -0.309 e. The van der Waals surface area contributed by atoms with E-state index in [1.165, 1.54) is 12.1 Å². The second kappa shape index (κ2) is 11.9. The SMILES string of the molecule is Cc1ccc2c(c1)c1cc(C)ccc1n2-c1cc(-c2nc(-c3ccccc3)nc(-c3ccccc3)n2)ccc1-c1cccc(C(F)(F)F)c1. The zero-order chi connectivity index (χ0) is 33.7. The Morgan fingerprint density at radius 3 is 1.51 bits per heavy atom. The van der Waals surface area contributed by atoms with Gasteiger partial charge in [-0.3, -0.25) is 0 Å². The van der Waals surface area contributed by atoms with E-state index in [4.69, 9.17) is 15.0 Å². The molecule has 0 atom stereocenters. The molecule has 0 spiro atoms. The molecule has 4 nitrogen and oxygen atoms in total. The zero-order valence-electron chi connectivity index (χ0n) is 26.7. The molecule has 0 saturated heterocycles. The Balaban J connectivity index is 1.43. The maximum Gasteiger partial charge on any atom is 0.416 e. The summed E-state index contributed by atoms with van der Waals surface area (Å²) in [7, 11) is 0. The lowest BCUT2D eigenvalue weighted by atomic mass is 9.98. The quantitative estimate of drug-likeness (QED) is 0.187. The third-order valence-corrected chi connectivity index (χ3v) is 8.77. The molecule has 0 aliphatic rings. The number of halogens is 3. The van der Waals surface area contributed by atoms with Crippen molar-refractivity contribution in [3.05, 3.63) is 156 Å². The Bertz CT molecular complexity index is 2380. The fourth-order valence-corrected chi connectivity index (χ4v) is 6.41. The number of benzene rings is 6. The molecule has 2 aromatic heterocycles. The highest BCUT2D eigenvalue weighted by Crippen LogP contribution is 2.40. The van der Waals surface area contributed by atoms with Crippen molar-refractivity contribution in [3.63, 3.8) is 0 Å². The Morgan fingerprint density at radius 2 is 0.980 bits per heavy atom. The van der Waals surface area contributed by atoms with Gasteiger partial charge in [-0.15, -0.1) is 0 Å². The van der Waals surface area contributed by atoms with Gasteiger partial charge >= 0.3 is 6.18 Å². The molecule has 0 fully saturated rings. The number of aromatic nitrogens is 4. The number of aryl methyl sites for hydroxylation is 2.